The molecule has 2 saturated carbocycles. The van der Waals surface area contributed by atoms with Crippen LogP contribution in [-0.2, 0) is 32.7 Å². The van der Waals surface area contributed by atoms with Gasteiger partial charge in [-0.25, -0.2) is 9.18 Å². The van der Waals surface area contributed by atoms with Gasteiger partial charge in [-0.05, 0) is 79.9 Å². The first-order valence-electron chi connectivity index (χ1n) is 22.5. The van der Waals surface area contributed by atoms with Crippen molar-refractivity contribution in [2.45, 2.75) is 94.3 Å². The molecule has 6 aliphatic rings. The summed E-state index contributed by atoms with van der Waals surface area (Å²) in [6.45, 7) is 0.344. The van der Waals surface area contributed by atoms with E-state index in [0.717, 1.165) is 37.3 Å². The van der Waals surface area contributed by atoms with Gasteiger partial charge in [-0.2, -0.15) is 18.3 Å². The number of piperazine rings is 1. The number of likely N-dealkylation sites (tertiary alicyclic amines) is 1. The summed E-state index contributed by atoms with van der Waals surface area (Å²) in [5.74, 6) is -2.12. The lowest BCUT2D eigenvalue weighted by molar-refractivity contribution is -0.205. The molecule has 0 bridgehead atoms. The third kappa shape index (κ3) is 9.58. The van der Waals surface area contributed by atoms with Crippen molar-refractivity contribution in [1.82, 2.24) is 29.8 Å². The fourth-order valence-electron chi connectivity index (χ4n) is 10.3. The zero-order valence-corrected chi connectivity index (χ0v) is 35.9. The number of benzene rings is 2. The fraction of sp³-hybridized carbons (Fsp3) is 0.587. The Labute approximate surface area is 368 Å². The van der Waals surface area contributed by atoms with Crippen LogP contribution < -0.4 is 15.4 Å². The number of carbonyl (C=O) groups excluding carboxylic acids is 4. The van der Waals surface area contributed by atoms with Crippen molar-refractivity contribution >= 4 is 29.5 Å². The molecule has 3 aromatic rings. The summed E-state index contributed by atoms with van der Waals surface area (Å²) in [6.07, 6.45) is 1.70. The van der Waals surface area contributed by atoms with Crippen molar-refractivity contribution in [2.75, 3.05) is 51.3 Å². The summed E-state index contributed by atoms with van der Waals surface area (Å²) >= 11 is 0. The van der Waals surface area contributed by atoms with E-state index in [1.807, 2.05) is 30.3 Å². The third-order valence-corrected chi connectivity index (χ3v) is 14.1. The Hall–Kier alpha value is -5.23. The van der Waals surface area contributed by atoms with Crippen LogP contribution in [0.2, 0.25) is 0 Å². The Bertz CT molecular complexity index is 2190. The van der Waals surface area contributed by atoms with E-state index >= 15 is 4.39 Å². The first-order chi connectivity index (χ1) is 30.7. The van der Waals surface area contributed by atoms with Gasteiger partial charge in [-0.15, -0.1) is 0 Å². The van der Waals surface area contributed by atoms with Gasteiger partial charge in [0.2, 0.25) is 11.8 Å². The molecule has 5 fully saturated rings. The Morgan fingerprint density at radius 1 is 0.984 bits per heavy atom. The smallest absolute Gasteiger partial charge is 0.410 e. The highest BCUT2D eigenvalue weighted by Gasteiger charge is 2.54. The number of ether oxygens (including phenoxy) is 3. The van der Waals surface area contributed by atoms with Gasteiger partial charge in [-0.3, -0.25) is 24.0 Å². The maximum atomic E-state index is 16.5. The van der Waals surface area contributed by atoms with Gasteiger partial charge in [0.15, 0.2) is 0 Å². The van der Waals surface area contributed by atoms with Gasteiger partial charge in [0.05, 0.1) is 18.3 Å². The molecule has 0 radical (unpaired) electrons. The second-order valence-corrected chi connectivity index (χ2v) is 18.5. The van der Waals surface area contributed by atoms with Crippen LogP contribution >= 0.6 is 0 Å². The molecule has 18 heteroatoms. The molecule has 2 aliphatic carbocycles. The summed E-state index contributed by atoms with van der Waals surface area (Å²) in [5, 5.41) is 9.76. The molecule has 2 N–H and O–H groups in total. The van der Waals surface area contributed by atoms with Crippen molar-refractivity contribution in [3.63, 3.8) is 0 Å². The molecular weight excluding hydrogens is 839 g/mol. The van der Waals surface area contributed by atoms with Crippen LogP contribution in [0.3, 0.4) is 0 Å². The van der Waals surface area contributed by atoms with Crippen LogP contribution in [-0.4, -0.2) is 118 Å². The molecule has 64 heavy (non-hydrogen) atoms. The average Bonchev–Trinajstić information content (AvgIpc) is 4.23. The number of nitrogens with zero attached hydrogens (tertiary/aromatic N) is 5. The number of halogens is 4. The Kier molecular flexibility index (Phi) is 12.4. The van der Waals surface area contributed by atoms with Gasteiger partial charge in [-0.1, -0.05) is 30.3 Å². The molecule has 4 aliphatic heterocycles. The van der Waals surface area contributed by atoms with E-state index in [-0.39, 0.29) is 91.9 Å². The molecule has 9 rings (SSSR count). The second kappa shape index (κ2) is 18.0. The first kappa shape index (κ1) is 44.0. The van der Waals surface area contributed by atoms with Crippen LogP contribution in [0.15, 0.2) is 54.7 Å². The van der Waals surface area contributed by atoms with E-state index in [2.05, 4.69) is 15.7 Å². The van der Waals surface area contributed by atoms with Crippen molar-refractivity contribution in [3.05, 3.63) is 77.4 Å². The van der Waals surface area contributed by atoms with Crippen molar-refractivity contribution in [1.29, 1.82) is 0 Å². The van der Waals surface area contributed by atoms with Crippen LogP contribution in [0.1, 0.15) is 85.4 Å². The summed E-state index contributed by atoms with van der Waals surface area (Å²) in [7, 11) is 1.62. The lowest BCUT2D eigenvalue weighted by atomic mass is 9.79. The van der Waals surface area contributed by atoms with Crippen molar-refractivity contribution in [3.8, 4) is 5.75 Å². The van der Waals surface area contributed by atoms with Gasteiger partial charge in [0.1, 0.15) is 41.6 Å². The zero-order chi connectivity index (χ0) is 44.8. The van der Waals surface area contributed by atoms with Crippen LogP contribution in [0.4, 0.5) is 28.0 Å². The van der Waals surface area contributed by atoms with Crippen LogP contribution in [0.25, 0.3) is 0 Å². The molecule has 4 amide bonds. The molecule has 1 aromatic heterocycles. The first-order valence-corrected chi connectivity index (χ1v) is 22.5. The number of hydrogen-bond donors (Lipinski definition) is 2. The fourth-order valence-corrected chi connectivity index (χ4v) is 10.3. The Morgan fingerprint density at radius 2 is 1.69 bits per heavy atom. The SMILES string of the molecule is Cn1nccc1C(=O)N[C@H](C(=O)Nc1cc2c(cc1F)C(N1C[C@@H](C(F)(F)F)N(CC3CCOCC3)CC1=O)CC1(CCN(C(=O)OCc3ccccc3)CC1)O2)C(C1CC1)C1CC1. The number of carbonyl (C=O) groups is 4. The van der Waals surface area contributed by atoms with E-state index in [0.29, 0.717) is 26.1 Å². The predicted octanol–water partition coefficient (Wildman–Crippen LogP) is 6.23. The highest BCUT2D eigenvalue weighted by Crippen LogP contribution is 2.52. The lowest BCUT2D eigenvalue weighted by Crippen LogP contribution is -2.63. The van der Waals surface area contributed by atoms with Crippen LogP contribution in [0, 0.1) is 29.5 Å². The summed E-state index contributed by atoms with van der Waals surface area (Å²) in [4.78, 5) is 59.2. The number of rotatable bonds is 12. The average molecular weight is 894 g/mol. The largest absolute Gasteiger partial charge is 0.487 e. The maximum Gasteiger partial charge on any atom is 0.410 e. The third-order valence-electron chi connectivity index (χ3n) is 14.1. The molecule has 344 valence electrons. The molecule has 1 unspecified atom stereocenters. The van der Waals surface area contributed by atoms with Crippen LogP contribution in [0.5, 0.6) is 5.75 Å². The Balaban J connectivity index is 0.998. The van der Waals surface area contributed by atoms with Crippen molar-refractivity contribution < 1.29 is 51.0 Å². The number of aryl methyl sites for hydroxylation is 1. The predicted molar refractivity (Wildman–Crippen MR) is 223 cm³/mol. The number of fused-ring (bicyclic) bond motifs is 1. The Morgan fingerprint density at radius 3 is 2.33 bits per heavy atom. The standard InChI is InChI=1S/C46H55F4N7O7/c1-54-35(11-16-51-54)42(59)53-41(40(30-7-8-30)31-9-10-31)43(60)52-34-22-37-32(21-33(34)47)36(57-25-38(46(48,49)50)56(26-39(57)58)24-28-12-19-62-20-13-28)23-45(64-37)14-17-55(18-15-45)44(61)63-27-29-5-3-2-4-6-29/h2-6,11,16,21-22,28,30-31,36,38,40-41H,7-10,12-15,17-20,23-27H2,1H3,(H,52,60)(H,53,59)/t36?,38-,41-/m0/s1. The minimum Gasteiger partial charge on any atom is -0.487 e. The number of anilines is 1. The summed E-state index contributed by atoms with van der Waals surface area (Å²) in [6, 6.07) is 9.32. The minimum atomic E-state index is -4.66. The van der Waals surface area contributed by atoms with E-state index in [1.165, 1.54) is 26.7 Å². The highest BCUT2D eigenvalue weighted by atomic mass is 19.4. The highest BCUT2D eigenvalue weighted by molar-refractivity contribution is 6.01. The quantitative estimate of drug-likeness (QED) is 0.202. The van der Waals surface area contributed by atoms with Gasteiger partial charge < -0.3 is 34.6 Å². The van der Waals surface area contributed by atoms with Gasteiger partial charge >= 0.3 is 12.3 Å². The maximum absolute atomic E-state index is 16.5. The van der Waals surface area contributed by atoms with Crippen molar-refractivity contribution in [2.24, 2.45) is 30.7 Å². The molecule has 2 aromatic carbocycles. The molecular formula is C46H55F4N7O7. The van der Waals surface area contributed by atoms with E-state index < -0.39 is 72.6 Å². The monoisotopic (exact) mass is 893 g/mol. The number of piperidine rings is 1. The number of alkyl halides is 3. The van der Waals surface area contributed by atoms with E-state index in [4.69, 9.17) is 14.2 Å². The minimum absolute atomic E-state index is 0.0516. The zero-order valence-electron chi connectivity index (χ0n) is 35.9. The molecule has 3 atom stereocenters. The molecule has 3 saturated heterocycles. The summed E-state index contributed by atoms with van der Waals surface area (Å²) < 4.78 is 80.7. The topological polar surface area (TPSA) is 148 Å². The molecule has 1 spiro atoms. The number of nitrogens with one attached hydrogen (secondary N) is 2. The van der Waals surface area contributed by atoms with E-state index in [1.54, 1.807) is 18.0 Å². The molecule has 14 nitrogen and oxygen atoms in total. The van der Waals surface area contributed by atoms with E-state index in [9.17, 15) is 32.3 Å². The number of aromatic nitrogens is 2. The van der Waals surface area contributed by atoms with Gasteiger partial charge in [0, 0.05) is 83.5 Å². The number of amides is 4. The summed E-state index contributed by atoms with van der Waals surface area (Å²) in [5.41, 5.74) is -0.0275. The van der Waals surface area contributed by atoms with Gasteiger partial charge in [0.25, 0.3) is 5.91 Å². The number of hydrogen-bond acceptors (Lipinski definition) is 9. The normalized spacial score (nSPS) is 23.4. The lowest BCUT2D eigenvalue weighted by Gasteiger charge is -2.51. The second-order valence-electron chi connectivity index (χ2n) is 18.5. The molecule has 5 heterocycles.